The largest absolute Gasteiger partial charge is 4.00 e. The van der Waals surface area contributed by atoms with E-state index in [4.69, 9.17) is 0 Å². The van der Waals surface area contributed by atoms with E-state index in [1.807, 2.05) is 111 Å². The zero-order valence-electron chi connectivity index (χ0n) is 28.2. The fourth-order valence-electron chi connectivity index (χ4n) is 4.07. The quantitative estimate of drug-likeness (QED) is 0.374. The van der Waals surface area contributed by atoms with E-state index in [-0.39, 0.29) is 59.3 Å². The van der Waals surface area contributed by atoms with Gasteiger partial charge in [0.1, 0.15) is 24.4 Å². The second-order valence-electron chi connectivity index (χ2n) is 11.4. The van der Waals surface area contributed by atoms with Crippen molar-refractivity contribution in [3.05, 3.63) is 0 Å². The molecule has 0 heterocycles. The SMILES string of the molecule is CC(C)N(C(=O)[O-])C(C)C.CC(C)N(C(=O)[O-])C(C)C.CC(C)N(C(=O)[O-])C(C)C.CC(C)N(C(=O)[O-])C(C)C.[Si+4]. The zero-order chi connectivity index (χ0) is 33.2. The minimum Gasteiger partial charge on any atom is -0.530 e. The molecule has 0 aromatic heterocycles. The van der Waals surface area contributed by atoms with Gasteiger partial charge in [0, 0.05) is 48.3 Å². The standard InChI is InChI=1S/4C7H15NO2.Si/c4*1-5(2)8(6(3)4)7(9)10;/h4*5-6H,1-4H3,(H,9,10);/q;;;;+4/p-4. The first kappa shape index (κ1) is 48.1. The summed E-state index contributed by atoms with van der Waals surface area (Å²) in [7, 11) is 0. The molecule has 0 fully saturated rings. The number of carboxylic acid groups (broad SMARTS) is 4. The Kier molecular flexibility index (Phi) is 28.1. The van der Waals surface area contributed by atoms with Gasteiger partial charge in [-0.2, -0.15) is 0 Å². The van der Waals surface area contributed by atoms with E-state index in [2.05, 4.69) is 0 Å². The van der Waals surface area contributed by atoms with Crippen molar-refractivity contribution in [2.45, 2.75) is 159 Å². The van der Waals surface area contributed by atoms with E-state index < -0.39 is 24.4 Å². The summed E-state index contributed by atoms with van der Waals surface area (Å²) in [4.78, 5) is 46.8. The van der Waals surface area contributed by atoms with Gasteiger partial charge in [-0.05, 0) is 111 Å². The Bertz CT molecular complexity index is 578. The molecule has 0 radical (unpaired) electrons. The average molecular weight is 605 g/mol. The first-order valence-corrected chi connectivity index (χ1v) is 13.8. The average Bonchev–Trinajstić information content (AvgIpc) is 2.64. The topological polar surface area (TPSA) is 173 Å². The third kappa shape index (κ3) is 22.6. The molecule has 0 rings (SSSR count). The van der Waals surface area contributed by atoms with Crippen LogP contribution < -0.4 is 20.4 Å². The summed E-state index contributed by atoms with van der Waals surface area (Å²) in [6.07, 6.45) is -4.37. The van der Waals surface area contributed by atoms with E-state index in [9.17, 15) is 39.6 Å². The second kappa shape index (κ2) is 23.9. The molecule has 0 aliphatic carbocycles. The predicted octanol–water partition coefficient (Wildman–Crippen LogP) is 1.41. The summed E-state index contributed by atoms with van der Waals surface area (Å²) < 4.78 is 0. The fourth-order valence-corrected chi connectivity index (χ4v) is 4.07. The Morgan fingerprint density at radius 1 is 0.317 bits per heavy atom. The third-order valence-electron chi connectivity index (χ3n) is 5.29. The van der Waals surface area contributed by atoms with E-state index in [0.29, 0.717) is 0 Å². The maximum absolute atomic E-state index is 10.4. The van der Waals surface area contributed by atoms with Crippen molar-refractivity contribution in [3.63, 3.8) is 0 Å². The predicted molar refractivity (Wildman–Crippen MR) is 156 cm³/mol. The van der Waals surface area contributed by atoms with Gasteiger partial charge in [-0.1, -0.05) is 0 Å². The number of nitrogens with zero attached hydrogens (tertiary/aromatic N) is 4. The fraction of sp³-hybridized carbons (Fsp3) is 0.857. The van der Waals surface area contributed by atoms with E-state index in [0.717, 1.165) is 0 Å². The van der Waals surface area contributed by atoms with Crippen LogP contribution in [0.3, 0.4) is 0 Å². The van der Waals surface area contributed by atoms with Gasteiger partial charge in [0.05, 0.1) is 0 Å². The van der Waals surface area contributed by atoms with E-state index in [1.165, 1.54) is 19.6 Å². The molecular weight excluding hydrogens is 548 g/mol. The molecule has 0 aromatic rings. The van der Waals surface area contributed by atoms with E-state index >= 15 is 0 Å². The molecule has 0 aliphatic rings. The number of rotatable bonds is 8. The normalized spacial score (nSPS) is 10.3. The molecule has 41 heavy (non-hydrogen) atoms. The van der Waals surface area contributed by atoms with Crippen LogP contribution in [0.1, 0.15) is 111 Å². The minimum absolute atomic E-state index is 0. The zero-order valence-corrected chi connectivity index (χ0v) is 29.2. The molecule has 0 aromatic carbocycles. The molecule has 13 heteroatoms. The molecular formula is C28H56N4O8Si. The van der Waals surface area contributed by atoms with Crippen LogP contribution in [0.2, 0.25) is 0 Å². The van der Waals surface area contributed by atoms with Gasteiger partial charge in [0.2, 0.25) is 0 Å². The Hall–Kier alpha value is -2.70. The molecule has 0 atom stereocenters. The maximum atomic E-state index is 10.4. The van der Waals surface area contributed by atoms with Gasteiger partial charge in [-0.25, -0.2) is 0 Å². The van der Waals surface area contributed by atoms with Crippen molar-refractivity contribution >= 4 is 35.3 Å². The van der Waals surface area contributed by atoms with Gasteiger partial charge in [-0.3, -0.25) is 0 Å². The van der Waals surface area contributed by atoms with Crippen LogP contribution in [0.25, 0.3) is 0 Å². The molecule has 4 amide bonds. The van der Waals surface area contributed by atoms with Crippen molar-refractivity contribution in [1.82, 2.24) is 19.6 Å². The molecule has 0 bridgehead atoms. The van der Waals surface area contributed by atoms with Crippen molar-refractivity contribution in [2.75, 3.05) is 0 Å². The van der Waals surface area contributed by atoms with Gasteiger partial charge in [0.15, 0.2) is 0 Å². The second-order valence-corrected chi connectivity index (χ2v) is 11.4. The summed E-state index contributed by atoms with van der Waals surface area (Å²) in [6, 6.07) is 0.0370. The molecule has 0 saturated carbocycles. The maximum Gasteiger partial charge on any atom is 4.00 e. The molecule has 0 saturated heterocycles. The van der Waals surface area contributed by atoms with Crippen LogP contribution in [0.4, 0.5) is 19.2 Å². The number of carbonyl (C=O) groups is 4. The van der Waals surface area contributed by atoms with Crippen molar-refractivity contribution in [2.24, 2.45) is 0 Å². The number of amides is 4. The van der Waals surface area contributed by atoms with Crippen LogP contribution in [-0.2, 0) is 0 Å². The molecule has 0 spiro atoms. The van der Waals surface area contributed by atoms with Crippen LogP contribution in [0.5, 0.6) is 0 Å². The Morgan fingerprint density at radius 3 is 0.390 bits per heavy atom. The Labute approximate surface area is 253 Å². The summed E-state index contributed by atoms with van der Waals surface area (Å²) in [6.45, 7) is 29.3. The van der Waals surface area contributed by atoms with Crippen LogP contribution in [0.15, 0.2) is 0 Å². The summed E-state index contributed by atoms with van der Waals surface area (Å²) in [5.41, 5.74) is 0. The summed E-state index contributed by atoms with van der Waals surface area (Å²) >= 11 is 0. The molecule has 12 nitrogen and oxygen atoms in total. The van der Waals surface area contributed by atoms with Crippen molar-refractivity contribution in [1.29, 1.82) is 0 Å². The minimum atomic E-state index is -1.09. The first-order valence-electron chi connectivity index (χ1n) is 13.8. The Morgan fingerprint density at radius 2 is 0.390 bits per heavy atom. The van der Waals surface area contributed by atoms with Gasteiger partial charge in [0.25, 0.3) is 0 Å². The number of carbonyl (C=O) groups excluding carboxylic acids is 4. The number of hydrogen-bond donors (Lipinski definition) is 0. The third-order valence-corrected chi connectivity index (χ3v) is 5.29. The van der Waals surface area contributed by atoms with Crippen LogP contribution in [0, 0.1) is 0 Å². The van der Waals surface area contributed by atoms with Gasteiger partial charge >= 0.3 is 11.0 Å². The summed E-state index contributed by atoms with van der Waals surface area (Å²) in [5.74, 6) is 0. The number of hydrogen-bond acceptors (Lipinski definition) is 8. The molecule has 0 aliphatic heterocycles. The Balaban J connectivity index is -0.000000139. The molecule has 0 N–H and O–H groups in total. The van der Waals surface area contributed by atoms with Gasteiger partial charge < -0.3 is 59.2 Å². The van der Waals surface area contributed by atoms with Crippen LogP contribution in [-0.4, -0.2) is 103 Å². The first-order chi connectivity index (χ1) is 17.9. The van der Waals surface area contributed by atoms with Crippen molar-refractivity contribution < 1.29 is 39.6 Å². The van der Waals surface area contributed by atoms with Crippen LogP contribution >= 0.6 is 0 Å². The monoisotopic (exact) mass is 604 g/mol. The van der Waals surface area contributed by atoms with Gasteiger partial charge in [-0.15, -0.1) is 0 Å². The molecule has 240 valence electrons. The smallest absolute Gasteiger partial charge is 0.530 e. The van der Waals surface area contributed by atoms with E-state index in [1.54, 1.807) is 0 Å². The summed E-state index contributed by atoms with van der Waals surface area (Å²) in [5, 5.41) is 41.6. The van der Waals surface area contributed by atoms with Crippen molar-refractivity contribution in [3.8, 4) is 0 Å². The molecule has 0 unspecified atom stereocenters.